The summed E-state index contributed by atoms with van der Waals surface area (Å²) in [6.07, 6.45) is 3.37. The van der Waals surface area contributed by atoms with E-state index in [1.54, 1.807) is 6.20 Å². The van der Waals surface area contributed by atoms with Gasteiger partial charge < -0.3 is 4.74 Å². The van der Waals surface area contributed by atoms with Crippen LogP contribution in [0.1, 0.15) is 12.1 Å². The average Bonchev–Trinajstić information content (AvgIpc) is 3.30. The van der Waals surface area contributed by atoms with Gasteiger partial charge in [0.2, 0.25) is 5.88 Å². The molecule has 0 fully saturated rings. The van der Waals surface area contributed by atoms with Crippen molar-refractivity contribution in [3.63, 3.8) is 0 Å². The Kier molecular flexibility index (Phi) is 3.82. The van der Waals surface area contributed by atoms with Crippen molar-refractivity contribution in [2.24, 2.45) is 0 Å². The molecule has 0 bridgehead atoms. The molecule has 2 aromatic heterocycles. The maximum absolute atomic E-state index is 14.5. The van der Waals surface area contributed by atoms with Gasteiger partial charge in [-0.15, -0.1) is 0 Å². The second-order valence-electron chi connectivity index (χ2n) is 6.74. The van der Waals surface area contributed by atoms with Gasteiger partial charge in [-0.05, 0) is 48.7 Å². The highest BCUT2D eigenvalue weighted by Gasteiger charge is 2.25. The van der Waals surface area contributed by atoms with Crippen LogP contribution >= 0.6 is 0 Å². The summed E-state index contributed by atoms with van der Waals surface area (Å²) >= 11 is 0. The Labute approximate surface area is 159 Å². The smallest absolute Gasteiger partial charge is 0.232 e. The van der Waals surface area contributed by atoms with Gasteiger partial charge in [-0.2, -0.15) is 5.10 Å². The molecule has 0 unspecified atom stereocenters. The Morgan fingerprint density at radius 2 is 1.96 bits per heavy atom. The molecule has 0 amide bonds. The number of benzene rings is 2. The molecule has 3 heterocycles. The standard InChI is InChI=1S/C21H16F2N4O/c1-28-19-11-24-16-7-4-12(9-17(16)25-19)20-18-3-2-8-27(18)26-21(20)14-10-13(22)5-6-15(14)23/h4-7,9-11H,2-3,8H2,1H3. The van der Waals surface area contributed by atoms with Crippen LogP contribution in [0.5, 0.6) is 5.88 Å². The SMILES string of the molecule is COc1cnc2ccc(-c3c(-c4cc(F)ccc4F)nn4c3CCC4)cc2n1. The van der Waals surface area contributed by atoms with E-state index >= 15 is 0 Å². The second-order valence-corrected chi connectivity index (χ2v) is 6.74. The number of fused-ring (bicyclic) bond motifs is 2. The van der Waals surface area contributed by atoms with E-state index in [2.05, 4.69) is 15.1 Å². The highest BCUT2D eigenvalue weighted by Crippen LogP contribution is 2.39. The largest absolute Gasteiger partial charge is 0.480 e. The minimum Gasteiger partial charge on any atom is -0.480 e. The predicted molar refractivity (Wildman–Crippen MR) is 101 cm³/mol. The molecule has 28 heavy (non-hydrogen) atoms. The maximum atomic E-state index is 14.5. The zero-order chi connectivity index (χ0) is 19.3. The molecule has 0 atom stereocenters. The first kappa shape index (κ1) is 16.8. The molecule has 0 saturated carbocycles. The molecule has 0 spiro atoms. The third-order valence-electron chi connectivity index (χ3n) is 5.04. The summed E-state index contributed by atoms with van der Waals surface area (Å²) in [5.41, 5.74) is 4.68. The van der Waals surface area contributed by atoms with E-state index in [0.29, 0.717) is 17.1 Å². The fraction of sp³-hybridized carbons (Fsp3) is 0.190. The van der Waals surface area contributed by atoms with Crippen LogP contribution in [0.2, 0.25) is 0 Å². The van der Waals surface area contributed by atoms with E-state index in [4.69, 9.17) is 4.74 Å². The first-order valence-electron chi connectivity index (χ1n) is 9.00. The molecule has 1 aliphatic rings. The van der Waals surface area contributed by atoms with Crippen molar-refractivity contribution in [1.29, 1.82) is 0 Å². The van der Waals surface area contributed by atoms with E-state index in [-0.39, 0.29) is 5.56 Å². The Balaban J connectivity index is 1.76. The Morgan fingerprint density at radius 1 is 1.07 bits per heavy atom. The van der Waals surface area contributed by atoms with Gasteiger partial charge in [0.1, 0.15) is 17.3 Å². The Morgan fingerprint density at radius 3 is 2.82 bits per heavy atom. The lowest BCUT2D eigenvalue weighted by Gasteiger charge is -2.08. The summed E-state index contributed by atoms with van der Waals surface area (Å²) in [5.74, 6) is -0.576. The van der Waals surface area contributed by atoms with Crippen molar-refractivity contribution < 1.29 is 13.5 Å². The zero-order valence-corrected chi connectivity index (χ0v) is 15.1. The average molecular weight is 378 g/mol. The van der Waals surface area contributed by atoms with Crippen molar-refractivity contribution in [3.05, 3.63) is 59.9 Å². The van der Waals surface area contributed by atoms with Crippen LogP contribution in [-0.4, -0.2) is 26.9 Å². The number of hydrogen-bond donors (Lipinski definition) is 0. The first-order valence-corrected chi connectivity index (χ1v) is 9.00. The molecule has 0 aliphatic carbocycles. The fourth-order valence-corrected chi connectivity index (χ4v) is 3.75. The van der Waals surface area contributed by atoms with Gasteiger partial charge in [0, 0.05) is 23.4 Å². The van der Waals surface area contributed by atoms with Crippen LogP contribution in [0, 0.1) is 11.6 Å². The summed E-state index contributed by atoms with van der Waals surface area (Å²) in [4.78, 5) is 8.78. The number of methoxy groups -OCH3 is 1. The van der Waals surface area contributed by atoms with Crippen LogP contribution in [0.4, 0.5) is 8.78 Å². The first-order chi connectivity index (χ1) is 13.6. The van der Waals surface area contributed by atoms with Gasteiger partial charge in [-0.3, -0.25) is 4.68 Å². The van der Waals surface area contributed by atoms with Crippen LogP contribution in [0.15, 0.2) is 42.6 Å². The number of halogens is 2. The van der Waals surface area contributed by atoms with E-state index in [9.17, 15) is 8.78 Å². The van der Waals surface area contributed by atoms with Gasteiger partial charge in [-0.25, -0.2) is 18.7 Å². The van der Waals surface area contributed by atoms with Gasteiger partial charge in [0.05, 0.1) is 24.3 Å². The summed E-state index contributed by atoms with van der Waals surface area (Å²) in [6.45, 7) is 0.764. The topological polar surface area (TPSA) is 52.8 Å². The number of rotatable bonds is 3. The molecule has 7 heteroatoms. The summed E-state index contributed by atoms with van der Waals surface area (Å²) < 4.78 is 35.4. The molecule has 0 saturated heterocycles. The third kappa shape index (κ3) is 2.62. The molecular weight excluding hydrogens is 362 g/mol. The van der Waals surface area contributed by atoms with E-state index in [0.717, 1.165) is 53.9 Å². The summed E-state index contributed by atoms with van der Waals surface area (Å²) in [7, 11) is 1.54. The van der Waals surface area contributed by atoms with Gasteiger partial charge in [0.25, 0.3) is 0 Å². The lowest BCUT2D eigenvalue weighted by molar-refractivity contribution is 0.397. The Bertz CT molecular complexity index is 1220. The minimum absolute atomic E-state index is 0.161. The van der Waals surface area contributed by atoms with E-state index < -0.39 is 11.6 Å². The Hall–Kier alpha value is -3.35. The number of aryl methyl sites for hydroxylation is 1. The molecule has 2 aromatic carbocycles. The molecule has 5 rings (SSSR count). The van der Waals surface area contributed by atoms with E-state index in [1.807, 2.05) is 22.9 Å². The van der Waals surface area contributed by atoms with Gasteiger partial charge in [0.15, 0.2) is 0 Å². The zero-order valence-electron chi connectivity index (χ0n) is 15.1. The van der Waals surface area contributed by atoms with Gasteiger partial charge >= 0.3 is 0 Å². The van der Waals surface area contributed by atoms with Crippen molar-refractivity contribution >= 4 is 11.0 Å². The van der Waals surface area contributed by atoms with Crippen molar-refractivity contribution in [2.45, 2.75) is 19.4 Å². The fourth-order valence-electron chi connectivity index (χ4n) is 3.75. The number of nitrogens with zero attached hydrogens (tertiary/aromatic N) is 4. The van der Waals surface area contributed by atoms with Crippen molar-refractivity contribution in [1.82, 2.24) is 19.7 Å². The maximum Gasteiger partial charge on any atom is 0.232 e. The highest BCUT2D eigenvalue weighted by atomic mass is 19.1. The second kappa shape index (κ2) is 6.37. The monoisotopic (exact) mass is 378 g/mol. The molecule has 4 aromatic rings. The predicted octanol–water partition coefficient (Wildman–Crippen LogP) is 4.39. The molecule has 5 nitrogen and oxygen atoms in total. The molecular formula is C21H16F2N4O. The van der Waals surface area contributed by atoms with E-state index in [1.165, 1.54) is 13.2 Å². The summed E-state index contributed by atoms with van der Waals surface area (Å²) in [5, 5.41) is 4.60. The van der Waals surface area contributed by atoms with Crippen LogP contribution < -0.4 is 4.74 Å². The van der Waals surface area contributed by atoms with Crippen molar-refractivity contribution in [2.75, 3.05) is 7.11 Å². The molecule has 1 aliphatic heterocycles. The lowest BCUT2D eigenvalue weighted by atomic mass is 9.97. The quantitative estimate of drug-likeness (QED) is 0.530. The third-order valence-corrected chi connectivity index (χ3v) is 5.04. The van der Waals surface area contributed by atoms with Crippen LogP contribution in [0.25, 0.3) is 33.4 Å². The lowest BCUT2D eigenvalue weighted by Crippen LogP contribution is -1.95. The number of aromatic nitrogens is 4. The van der Waals surface area contributed by atoms with Crippen LogP contribution in [-0.2, 0) is 13.0 Å². The highest BCUT2D eigenvalue weighted by molar-refractivity contribution is 5.88. The number of ether oxygens (including phenoxy) is 1. The van der Waals surface area contributed by atoms with Crippen LogP contribution in [0.3, 0.4) is 0 Å². The number of hydrogen-bond acceptors (Lipinski definition) is 4. The molecule has 140 valence electrons. The molecule has 0 radical (unpaired) electrons. The van der Waals surface area contributed by atoms with Gasteiger partial charge in [-0.1, -0.05) is 6.07 Å². The molecule has 0 N–H and O–H groups in total. The normalized spacial score (nSPS) is 13.1. The summed E-state index contributed by atoms with van der Waals surface area (Å²) in [6, 6.07) is 9.11. The minimum atomic E-state index is -0.498. The van der Waals surface area contributed by atoms with Crippen molar-refractivity contribution in [3.8, 4) is 28.3 Å².